The van der Waals surface area contributed by atoms with Crippen LogP contribution in [0.3, 0.4) is 0 Å². The number of hydrogen-bond acceptors (Lipinski definition) is 8. The summed E-state index contributed by atoms with van der Waals surface area (Å²) in [4.78, 5) is 69.2. The Morgan fingerprint density at radius 2 is 1.55 bits per heavy atom. The van der Waals surface area contributed by atoms with Gasteiger partial charge in [-0.15, -0.1) is 0 Å². The van der Waals surface area contributed by atoms with E-state index in [9.17, 15) is 34.2 Å². The Morgan fingerprint density at radius 1 is 0.939 bits per heavy atom. The molecule has 2 aromatic rings. The number of anilines is 1. The number of carboxylic acid groups (broad SMARTS) is 2. The molecule has 1 aromatic heterocycles. The quantitative estimate of drug-likeness (QED) is 0.148. The lowest BCUT2D eigenvalue weighted by Gasteiger charge is -2.37. The molecule has 0 saturated heterocycles. The van der Waals surface area contributed by atoms with Crippen LogP contribution in [0.1, 0.15) is 97.8 Å². The van der Waals surface area contributed by atoms with Gasteiger partial charge in [0.1, 0.15) is 29.1 Å². The van der Waals surface area contributed by atoms with Gasteiger partial charge in [0.25, 0.3) is 0 Å². The van der Waals surface area contributed by atoms with E-state index in [1.54, 1.807) is 13.0 Å². The number of ether oxygens (including phenoxy) is 2. The van der Waals surface area contributed by atoms with E-state index in [1.807, 2.05) is 13.8 Å². The molecular formula is C36H44N4O9. The predicted octanol–water partition coefficient (Wildman–Crippen LogP) is 5.65. The summed E-state index contributed by atoms with van der Waals surface area (Å²) in [6, 6.07) is 3.45. The third kappa shape index (κ3) is 8.84. The number of carbonyl (C=O) groups excluding carboxylic acids is 3. The standard InChI is InChI=1S/C36H44N4O9/c1-17-11-18(2)31(19(3)12-17)49-36(47)30-22(6)28(16-27-20(4)21(5)32(38-27)37-23(7)41)39-33(30)40-29(42)9-8-10-48-26-14-24(34(43)44)13-25(15-26)35(45)46/h13-19,31,38H,8-12H2,1-7H3,(H,37,41)(H,43,44)(H,45,46)(H,39,40,42)/b28-16-. The minimum absolute atomic E-state index is 0.00505. The summed E-state index contributed by atoms with van der Waals surface area (Å²) in [5, 5.41) is 24.1. The lowest BCUT2D eigenvalue weighted by atomic mass is 9.75. The molecule has 13 heteroatoms. The number of rotatable bonds is 11. The number of amidine groups is 1. The molecule has 2 atom stereocenters. The monoisotopic (exact) mass is 676 g/mol. The van der Waals surface area contributed by atoms with Crippen molar-refractivity contribution in [3.05, 3.63) is 63.0 Å². The van der Waals surface area contributed by atoms with E-state index in [1.165, 1.54) is 19.1 Å². The Kier molecular flexibility index (Phi) is 11.5. The maximum atomic E-state index is 13.8. The molecule has 2 aliphatic rings. The van der Waals surface area contributed by atoms with Crippen LogP contribution in [-0.2, 0) is 19.1 Å². The summed E-state index contributed by atoms with van der Waals surface area (Å²) >= 11 is 0. The Hall–Kier alpha value is -5.20. The first-order valence-electron chi connectivity index (χ1n) is 16.3. The zero-order chi connectivity index (χ0) is 36.2. The van der Waals surface area contributed by atoms with Crippen LogP contribution in [0.4, 0.5) is 5.82 Å². The first-order chi connectivity index (χ1) is 23.0. The molecule has 0 radical (unpaired) electrons. The highest BCUT2D eigenvalue weighted by molar-refractivity contribution is 6.25. The van der Waals surface area contributed by atoms with Crippen LogP contribution in [0.2, 0.25) is 0 Å². The van der Waals surface area contributed by atoms with E-state index < -0.39 is 23.8 Å². The maximum Gasteiger partial charge on any atom is 0.342 e. The number of benzene rings is 1. The number of aromatic amines is 1. The number of hydrogen-bond donors (Lipinski definition) is 5. The lowest BCUT2D eigenvalue weighted by molar-refractivity contribution is -0.152. The average molecular weight is 677 g/mol. The van der Waals surface area contributed by atoms with Crippen molar-refractivity contribution >= 4 is 47.5 Å². The van der Waals surface area contributed by atoms with Gasteiger partial charge in [0, 0.05) is 19.0 Å². The molecule has 2 heterocycles. The van der Waals surface area contributed by atoms with E-state index >= 15 is 0 Å². The van der Waals surface area contributed by atoms with Crippen molar-refractivity contribution in [1.82, 2.24) is 10.3 Å². The molecule has 0 spiro atoms. The van der Waals surface area contributed by atoms with Crippen molar-refractivity contribution in [2.24, 2.45) is 22.7 Å². The highest BCUT2D eigenvalue weighted by Gasteiger charge is 2.37. The number of aromatic nitrogens is 1. The van der Waals surface area contributed by atoms with Crippen LogP contribution in [0.5, 0.6) is 5.75 Å². The van der Waals surface area contributed by atoms with Gasteiger partial charge in [0.2, 0.25) is 11.8 Å². The summed E-state index contributed by atoms with van der Waals surface area (Å²) in [7, 11) is 0. The summed E-state index contributed by atoms with van der Waals surface area (Å²) in [5.74, 6) is -2.33. The molecule has 5 N–H and O–H groups in total. The summed E-state index contributed by atoms with van der Waals surface area (Å²) in [6.45, 7) is 13.3. The third-order valence-corrected chi connectivity index (χ3v) is 9.00. The Bertz CT molecular complexity index is 1720. The zero-order valence-electron chi connectivity index (χ0n) is 28.9. The second-order valence-corrected chi connectivity index (χ2v) is 13.1. The van der Waals surface area contributed by atoms with Crippen LogP contribution in [0, 0.1) is 31.6 Å². The number of aromatic carboxylic acids is 2. The number of carbonyl (C=O) groups is 5. The van der Waals surface area contributed by atoms with Gasteiger partial charge in [-0.1, -0.05) is 20.8 Å². The summed E-state index contributed by atoms with van der Waals surface area (Å²) in [6.07, 6.45) is 3.50. The number of allylic oxidation sites excluding steroid dienone is 1. The minimum Gasteiger partial charge on any atom is -0.494 e. The maximum absolute atomic E-state index is 13.8. The number of aliphatic imine (C=N–C) groups is 1. The Balaban J connectivity index is 1.53. The smallest absolute Gasteiger partial charge is 0.342 e. The van der Waals surface area contributed by atoms with Crippen molar-refractivity contribution in [3.63, 3.8) is 0 Å². The first kappa shape index (κ1) is 36.6. The van der Waals surface area contributed by atoms with Crippen LogP contribution >= 0.6 is 0 Å². The molecule has 2 amide bonds. The van der Waals surface area contributed by atoms with Gasteiger partial charge >= 0.3 is 17.9 Å². The molecule has 1 saturated carbocycles. The molecule has 4 rings (SSSR count). The number of H-pyrrole nitrogens is 1. The van der Waals surface area contributed by atoms with Crippen molar-refractivity contribution in [2.75, 3.05) is 11.9 Å². The SMILES string of the molecule is CC(=O)Nc1[nH]c(/C=C2\N=C(NC(=O)CCCOc3cc(C(=O)O)cc(C(=O)O)c3)C(C(=O)OC3C(C)CC(C)CC3C)=C2C)c(C)c1C. The first-order valence-corrected chi connectivity index (χ1v) is 16.3. The summed E-state index contributed by atoms with van der Waals surface area (Å²) < 4.78 is 11.7. The zero-order valence-corrected chi connectivity index (χ0v) is 28.9. The second kappa shape index (κ2) is 15.3. The molecule has 49 heavy (non-hydrogen) atoms. The van der Waals surface area contributed by atoms with Gasteiger partial charge < -0.3 is 35.3 Å². The summed E-state index contributed by atoms with van der Waals surface area (Å²) in [5.41, 5.74) is 3.05. The average Bonchev–Trinajstić information content (AvgIpc) is 3.45. The molecule has 1 fully saturated rings. The lowest BCUT2D eigenvalue weighted by Crippen LogP contribution is -2.40. The van der Waals surface area contributed by atoms with Gasteiger partial charge in [-0.05, 0) is 98.8 Å². The molecular weight excluding hydrogens is 632 g/mol. The highest BCUT2D eigenvalue weighted by Crippen LogP contribution is 2.37. The van der Waals surface area contributed by atoms with Crippen molar-refractivity contribution in [1.29, 1.82) is 0 Å². The fourth-order valence-electron chi connectivity index (χ4n) is 6.50. The van der Waals surface area contributed by atoms with Gasteiger partial charge in [-0.2, -0.15) is 0 Å². The van der Waals surface area contributed by atoms with Gasteiger partial charge in [-0.3, -0.25) is 9.59 Å². The third-order valence-electron chi connectivity index (χ3n) is 9.00. The largest absolute Gasteiger partial charge is 0.494 e. The minimum atomic E-state index is -1.30. The predicted molar refractivity (Wildman–Crippen MR) is 183 cm³/mol. The van der Waals surface area contributed by atoms with Crippen LogP contribution < -0.4 is 15.4 Å². The molecule has 1 aliphatic heterocycles. The molecule has 0 bridgehead atoms. The van der Waals surface area contributed by atoms with Crippen molar-refractivity contribution in [2.45, 2.75) is 80.3 Å². The number of nitrogens with zero attached hydrogens (tertiary/aromatic N) is 1. The van der Waals surface area contributed by atoms with E-state index in [4.69, 9.17) is 9.47 Å². The fourth-order valence-corrected chi connectivity index (χ4v) is 6.50. The molecule has 1 aromatic carbocycles. The van der Waals surface area contributed by atoms with Gasteiger partial charge in [0.05, 0.1) is 23.4 Å². The van der Waals surface area contributed by atoms with E-state index in [-0.39, 0.29) is 71.6 Å². The molecule has 13 nitrogen and oxygen atoms in total. The number of carboxylic acids is 2. The molecule has 262 valence electrons. The van der Waals surface area contributed by atoms with Crippen molar-refractivity contribution < 1.29 is 43.7 Å². The second-order valence-electron chi connectivity index (χ2n) is 13.1. The number of amides is 2. The topological polar surface area (TPSA) is 196 Å². The highest BCUT2D eigenvalue weighted by atomic mass is 16.5. The van der Waals surface area contributed by atoms with E-state index in [0.717, 1.165) is 30.0 Å². The number of esters is 1. The fraction of sp³-hybridized carbons (Fsp3) is 0.444. The Morgan fingerprint density at radius 3 is 2.12 bits per heavy atom. The van der Waals surface area contributed by atoms with E-state index in [0.29, 0.717) is 28.7 Å². The van der Waals surface area contributed by atoms with Crippen LogP contribution in [-0.4, -0.2) is 63.5 Å². The Labute approximate surface area is 284 Å². The number of nitrogens with one attached hydrogen (secondary N) is 3. The molecule has 2 unspecified atom stereocenters. The van der Waals surface area contributed by atoms with Crippen LogP contribution in [0.25, 0.3) is 6.08 Å². The van der Waals surface area contributed by atoms with Gasteiger partial charge in [-0.25, -0.2) is 19.4 Å². The van der Waals surface area contributed by atoms with Crippen molar-refractivity contribution in [3.8, 4) is 5.75 Å². The van der Waals surface area contributed by atoms with Crippen LogP contribution in [0.15, 0.2) is 40.0 Å². The normalized spacial score (nSPS) is 21.3. The molecule has 1 aliphatic carbocycles. The van der Waals surface area contributed by atoms with Gasteiger partial charge in [0.15, 0.2) is 0 Å². The van der Waals surface area contributed by atoms with E-state index in [2.05, 4.69) is 41.4 Å².